The Balaban J connectivity index is 1.61. The summed E-state index contributed by atoms with van der Waals surface area (Å²) in [6, 6.07) is 0. The van der Waals surface area contributed by atoms with Crippen LogP contribution in [0, 0.1) is 56.7 Å². The predicted octanol–water partition coefficient (Wildman–Crippen LogP) is 6.06. The standard InChI is InChI=1S/C30H48O4/c1-18-19(17-31)9-14-30(25(33)34)16-15-28(5)20(24(18)30)7-8-22-27(4)12-11-23(32)26(2,3)21(27)10-13-29(22,28)6/h7,18-19,21-24,31-32H,8-17H2,1-6H3,(H,33,34)/t18-,19-,21-,22-,23-,24-,27-,28-,29+,30+/m0/s1. The zero-order valence-corrected chi connectivity index (χ0v) is 22.4. The van der Waals surface area contributed by atoms with Gasteiger partial charge in [0, 0.05) is 6.61 Å². The van der Waals surface area contributed by atoms with Gasteiger partial charge in [0.2, 0.25) is 0 Å². The van der Waals surface area contributed by atoms with Crippen LogP contribution in [-0.2, 0) is 4.79 Å². The summed E-state index contributed by atoms with van der Waals surface area (Å²) in [7, 11) is 0. The number of aliphatic hydroxyl groups excluding tert-OH is 2. The number of carbonyl (C=O) groups is 1. The minimum absolute atomic E-state index is 0.000670. The molecule has 10 atom stereocenters. The number of hydrogen-bond acceptors (Lipinski definition) is 3. The van der Waals surface area contributed by atoms with Gasteiger partial charge < -0.3 is 15.3 Å². The van der Waals surface area contributed by atoms with E-state index in [9.17, 15) is 20.1 Å². The number of allylic oxidation sites excluding steroid dienone is 2. The maximum atomic E-state index is 12.8. The third-order valence-electron chi connectivity index (χ3n) is 13.4. The quantitative estimate of drug-likeness (QED) is 0.427. The molecular formula is C30H48O4. The molecule has 0 aromatic carbocycles. The third-order valence-corrected chi connectivity index (χ3v) is 13.4. The summed E-state index contributed by atoms with van der Waals surface area (Å²) in [5.41, 5.74) is 1.03. The summed E-state index contributed by atoms with van der Waals surface area (Å²) < 4.78 is 0. The molecule has 34 heavy (non-hydrogen) atoms. The number of aliphatic hydroxyl groups is 2. The summed E-state index contributed by atoms with van der Waals surface area (Å²) in [6.07, 6.45) is 10.8. The molecule has 5 aliphatic carbocycles. The molecule has 0 spiro atoms. The van der Waals surface area contributed by atoms with Gasteiger partial charge in [0.25, 0.3) is 0 Å². The van der Waals surface area contributed by atoms with Crippen molar-refractivity contribution < 1.29 is 20.1 Å². The largest absolute Gasteiger partial charge is 0.481 e. The topological polar surface area (TPSA) is 77.8 Å². The molecule has 0 saturated heterocycles. The van der Waals surface area contributed by atoms with Crippen LogP contribution < -0.4 is 0 Å². The summed E-state index contributed by atoms with van der Waals surface area (Å²) in [5, 5.41) is 31.5. The van der Waals surface area contributed by atoms with Crippen molar-refractivity contribution in [2.45, 2.75) is 105 Å². The number of carboxylic acid groups (broad SMARTS) is 1. The van der Waals surface area contributed by atoms with Crippen LogP contribution in [0.15, 0.2) is 11.6 Å². The van der Waals surface area contributed by atoms with Crippen molar-refractivity contribution in [1.82, 2.24) is 0 Å². The van der Waals surface area contributed by atoms with Crippen molar-refractivity contribution in [1.29, 1.82) is 0 Å². The molecule has 4 nitrogen and oxygen atoms in total. The van der Waals surface area contributed by atoms with Crippen LogP contribution in [0.25, 0.3) is 0 Å². The Hall–Kier alpha value is -0.870. The highest BCUT2D eigenvalue weighted by atomic mass is 16.4. The second-order valence-electron chi connectivity index (χ2n) is 14.4. The average Bonchev–Trinajstić information content (AvgIpc) is 2.77. The second-order valence-corrected chi connectivity index (χ2v) is 14.4. The Kier molecular flexibility index (Phi) is 5.52. The molecule has 0 aromatic rings. The normalized spacial score (nSPS) is 54.1. The number of fused-ring (bicyclic) bond motifs is 7. The molecule has 4 saturated carbocycles. The first-order valence-corrected chi connectivity index (χ1v) is 14.0. The summed E-state index contributed by atoms with van der Waals surface area (Å²) >= 11 is 0. The molecule has 192 valence electrons. The lowest BCUT2D eigenvalue weighted by Gasteiger charge is -2.71. The fourth-order valence-electron chi connectivity index (χ4n) is 11.0. The van der Waals surface area contributed by atoms with Gasteiger partial charge in [-0.3, -0.25) is 4.79 Å². The van der Waals surface area contributed by atoms with Gasteiger partial charge in [-0.2, -0.15) is 0 Å². The minimum atomic E-state index is -0.669. The number of carboxylic acids is 1. The van der Waals surface area contributed by atoms with Gasteiger partial charge in [-0.25, -0.2) is 0 Å². The van der Waals surface area contributed by atoms with Crippen molar-refractivity contribution >= 4 is 5.97 Å². The monoisotopic (exact) mass is 472 g/mol. The first kappa shape index (κ1) is 24.8. The Labute approximate surface area is 206 Å². The van der Waals surface area contributed by atoms with Gasteiger partial charge in [-0.1, -0.05) is 53.2 Å². The van der Waals surface area contributed by atoms with Crippen LogP contribution in [0.3, 0.4) is 0 Å². The maximum Gasteiger partial charge on any atom is 0.310 e. The fourth-order valence-corrected chi connectivity index (χ4v) is 11.0. The molecule has 0 bridgehead atoms. The van der Waals surface area contributed by atoms with Crippen LogP contribution in [-0.4, -0.2) is 34.0 Å². The Morgan fingerprint density at radius 2 is 1.68 bits per heavy atom. The lowest BCUT2D eigenvalue weighted by atomic mass is 9.33. The van der Waals surface area contributed by atoms with Crippen molar-refractivity contribution in [2.24, 2.45) is 56.7 Å². The summed E-state index contributed by atoms with van der Waals surface area (Å²) in [6.45, 7) is 14.5. The molecule has 0 aromatic heterocycles. The SMILES string of the molecule is C[C@H]1[C@H](CO)CC[C@@]2(C(=O)O)CC[C@@]3(C)C(=CC[C@H]4[C@@]5(C)CC[C@H](O)C(C)(C)[C@@H]5CC[C@]43C)[C@H]12. The van der Waals surface area contributed by atoms with E-state index in [4.69, 9.17) is 0 Å². The minimum Gasteiger partial charge on any atom is -0.481 e. The lowest BCUT2D eigenvalue weighted by molar-refractivity contribution is -0.207. The Morgan fingerprint density at radius 1 is 0.971 bits per heavy atom. The van der Waals surface area contributed by atoms with E-state index in [0.717, 1.165) is 51.4 Å². The third kappa shape index (κ3) is 2.82. The summed E-state index contributed by atoms with van der Waals surface area (Å²) in [4.78, 5) is 12.8. The molecule has 4 heteroatoms. The van der Waals surface area contributed by atoms with Gasteiger partial charge in [-0.15, -0.1) is 0 Å². The fraction of sp³-hybridized carbons (Fsp3) is 0.900. The highest BCUT2D eigenvalue weighted by molar-refractivity contribution is 5.76. The molecule has 3 N–H and O–H groups in total. The molecule has 0 radical (unpaired) electrons. The molecule has 0 aliphatic heterocycles. The van der Waals surface area contributed by atoms with E-state index in [1.54, 1.807) is 0 Å². The van der Waals surface area contributed by atoms with E-state index in [1.165, 1.54) is 5.57 Å². The molecule has 0 heterocycles. The van der Waals surface area contributed by atoms with Crippen LogP contribution in [0.5, 0.6) is 0 Å². The number of aliphatic carboxylic acids is 1. The van der Waals surface area contributed by atoms with Crippen LogP contribution >= 0.6 is 0 Å². The number of hydrogen-bond donors (Lipinski definition) is 3. The second kappa shape index (κ2) is 7.57. The lowest BCUT2D eigenvalue weighted by Crippen LogP contribution is -2.65. The van der Waals surface area contributed by atoms with E-state index >= 15 is 0 Å². The molecule has 4 fully saturated rings. The average molecular weight is 473 g/mol. The Bertz CT molecular complexity index is 892. The van der Waals surface area contributed by atoms with Crippen molar-refractivity contribution in [3.8, 4) is 0 Å². The first-order valence-electron chi connectivity index (χ1n) is 14.0. The maximum absolute atomic E-state index is 12.8. The molecule has 5 aliphatic rings. The van der Waals surface area contributed by atoms with Crippen molar-refractivity contribution in [3.05, 3.63) is 11.6 Å². The van der Waals surface area contributed by atoms with Crippen LogP contribution in [0.1, 0.15) is 99.3 Å². The van der Waals surface area contributed by atoms with Gasteiger partial charge >= 0.3 is 5.97 Å². The van der Waals surface area contributed by atoms with E-state index in [-0.39, 0.29) is 52.1 Å². The molecule has 0 amide bonds. The van der Waals surface area contributed by atoms with Crippen LogP contribution in [0.4, 0.5) is 0 Å². The smallest absolute Gasteiger partial charge is 0.310 e. The molecule has 5 rings (SSSR count). The molecular weight excluding hydrogens is 424 g/mol. The zero-order valence-electron chi connectivity index (χ0n) is 22.4. The first-order chi connectivity index (χ1) is 15.8. The van der Waals surface area contributed by atoms with Crippen molar-refractivity contribution in [3.63, 3.8) is 0 Å². The molecule has 0 unspecified atom stereocenters. The van der Waals surface area contributed by atoms with E-state index < -0.39 is 11.4 Å². The van der Waals surface area contributed by atoms with E-state index in [0.29, 0.717) is 18.3 Å². The summed E-state index contributed by atoms with van der Waals surface area (Å²) in [5.74, 6) is 0.882. The predicted molar refractivity (Wildman–Crippen MR) is 134 cm³/mol. The zero-order chi connectivity index (χ0) is 24.9. The van der Waals surface area contributed by atoms with Gasteiger partial charge in [0.05, 0.1) is 11.5 Å². The van der Waals surface area contributed by atoms with E-state index in [2.05, 4.69) is 47.6 Å². The van der Waals surface area contributed by atoms with E-state index in [1.807, 2.05) is 0 Å². The van der Waals surface area contributed by atoms with Gasteiger partial charge in [0.1, 0.15) is 0 Å². The van der Waals surface area contributed by atoms with Crippen LogP contribution in [0.2, 0.25) is 0 Å². The highest BCUT2D eigenvalue weighted by Gasteiger charge is 2.69. The highest BCUT2D eigenvalue weighted by Crippen LogP contribution is 2.75. The van der Waals surface area contributed by atoms with Crippen molar-refractivity contribution in [2.75, 3.05) is 6.61 Å². The number of rotatable bonds is 2. The van der Waals surface area contributed by atoms with Gasteiger partial charge in [-0.05, 0) is 109 Å². The Morgan fingerprint density at radius 3 is 2.32 bits per heavy atom. The van der Waals surface area contributed by atoms with Gasteiger partial charge in [0.15, 0.2) is 0 Å².